The van der Waals surface area contributed by atoms with E-state index in [1.165, 1.54) is 0 Å². The van der Waals surface area contributed by atoms with E-state index in [2.05, 4.69) is 4.98 Å². The highest BCUT2D eigenvalue weighted by Crippen LogP contribution is 2.19. The maximum Gasteiger partial charge on any atom is 0.0946 e. The predicted octanol–water partition coefficient (Wildman–Crippen LogP) is 0.981. The van der Waals surface area contributed by atoms with Crippen LogP contribution in [0, 0.1) is 5.41 Å². The van der Waals surface area contributed by atoms with Crippen molar-refractivity contribution in [1.82, 2.24) is 9.55 Å². The van der Waals surface area contributed by atoms with E-state index in [9.17, 15) is 0 Å². The van der Waals surface area contributed by atoms with E-state index in [1.807, 2.05) is 31.7 Å². The molecule has 0 saturated carbocycles. The highest BCUT2D eigenvalue weighted by molar-refractivity contribution is 4.99. The smallest absolute Gasteiger partial charge is 0.0946 e. The highest BCUT2D eigenvalue weighted by atomic mass is 16.3. The molecule has 1 aromatic heterocycles. The lowest BCUT2D eigenvalue weighted by atomic mass is 9.89. The summed E-state index contributed by atoms with van der Waals surface area (Å²) in [5.74, 6) is 0. The van der Waals surface area contributed by atoms with Gasteiger partial charge in [-0.1, -0.05) is 13.8 Å². The molecule has 0 spiro atoms. The second-order valence-corrected chi connectivity index (χ2v) is 4.03. The van der Waals surface area contributed by atoms with Crippen LogP contribution in [0.25, 0.3) is 0 Å². The van der Waals surface area contributed by atoms with Gasteiger partial charge in [-0.2, -0.15) is 0 Å². The van der Waals surface area contributed by atoms with E-state index in [-0.39, 0.29) is 12.0 Å². The minimum Gasteiger partial charge on any atom is -0.396 e. The van der Waals surface area contributed by atoms with Crippen molar-refractivity contribution in [1.29, 1.82) is 0 Å². The first-order valence-electron chi connectivity index (χ1n) is 4.11. The SMILES string of the molecule is Cn1cnc(CC(C)(C)CO)c1. The highest BCUT2D eigenvalue weighted by Gasteiger charge is 2.18. The van der Waals surface area contributed by atoms with Gasteiger partial charge in [0.15, 0.2) is 0 Å². The van der Waals surface area contributed by atoms with E-state index < -0.39 is 0 Å². The Labute approximate surface area is 73.1 Å². The summed E-state index contributed by atoms with van der Waals surface area (Å²) in [5.41, 5.74) is 0.977. The molecular formula is C9H16N2O. The van der Waals surface area contributed by atoms with Crippen molar-refractivity contribution in [2.45, 2.75) is 20.3 Å². The Kier molecular flexibility index (Phi) is 2.52. The summed E-state index contributed by atoms with van der Waals surface area (Å²) in [6, 6.07) is 0. The fourth-order valence-corrected chi connectivity index (χ4v) is 1.10. The third kappa shape index (κ3) is 2.34. The Balaban J connectivity index is 2.63. The zero-order valence-corrected chi connectivity index (χ0v) is 7.91. The van der Waals surface area contributed by atoms with Gasteiger partial charge in [0.2, 0.25) is 0 Å². The first-order valence-corrected chi connectivity index (χ1v) is 4.11. The third-order valence-electron chi connectivity index (χ3n) is 1.85. The molecule has 0 radical (unpaired) electrons. The Morgan fingerprint density at radius 1 is 1.58 bits per heavy atom. The largest absolute Gasteiger partial charge is 0.396 e. The van der Waals surface area contributed by atoms with Gasteiger partial charge in [0.1, 0.15) is 0 Å². The zero-order chi connectivity index (χ0) is 9.19. The van der Waals surface area contributed by atoms with Crippen LogP contribution in [-0.4, -0.2) is 21.3 Å². The monoisotopic (exact) mass is 168 g/mol. The molecule has 1 aromatic rings. The summed E-state index contributed by atoms with van der Waals surface area (Å²) in [5, 5.41) is 9.03. The van der Waals surface area contributed by atoms with Crippen LogP contribution in [0.4, 0.5) is 0 Å². The number of aromatic nitrogens is 2. The summed E-state index contributed by atoms with van der Waals surface area (Å²) in [6.45, 7) is 4.26. The molecule has 0 unspecified atom stereocenters. The molecule has 3 nitrogen and oxygen atoms in total. The third-order valence-corrected chi connectivity index (χ3v) is 1.85. The molecule has 0 aliphatic heterocycles. The Hall–Kier alpha value is -0.830. The predicted molar refractivity (Wildman–Crippen MR) is 47.8 cm³/mol. The maximum absolute atomic E-state index is 9.03. The topological polar surface area (TPSA) is 38.0 Å². The standard InChI is InChI=1S/C9H16N2O/c1-9(2,6-12)4-8-5-11(3)7-10-8/h5,7,12H,4,6H2,1-3H3. The maximum atomic E-state index is 9.03. The lowest BCUT2D eigenvalue weighted by molar-refractivity contribution is 0.159. The zero-order valence-electron chi connectivity index (χ0n) is 7.91. The number of imidazole rings is 1. The van der Waals surface area contributed by atoms with Crippen molar-refractivity contribution in [2.75, 3.05) is 6.61 Å². The van der Waals surface area contributed by atoms with Gasteiger partial charge in [-0.3, -0.25) is 0 Å². The van der Waals surface area contributed by atoms with E-state index in [1.54, 1.807) is 6.33 Å². The molecule has 0 fully saturated rings. The second-order valence-electron chi connectivity index (χ2n) is 4.03. The van der Waals surface area contributed by atoms with Gasteiger partial charge in [0, 0.05) is 19.9 Å². The molecule has 0 aromatic carbocycles. The number of hydrogen-bond acceptors (Lipinski definition) is 2. The molecule has 1 N–H and O–H groups in total. The van der Waals surface area contributed by atoms with Crippen LogP contribution < -0.4 is 0 Å². The van der Waals surface area contributed by atoms with E-state index in [0.717, 1.165) is 12.1 Å². The summed E-state index contributed by atoms with van der Waals surface area (Å²) in [7, 11) is 1.95. The molecule has 0 amide bonds. The summed E-state index contributed by atoms with van der Waals surface area (Å²) >= 11 is 0. The molecule has 0 bridgehead atoms. The molecule has 0 aliphatic rings. The van der Waals surface area contributed by atoms with Gasteiger partial charge in [0.25, 0.3) is 0 Å². The number of aryl methyl sites for hydroxylation is 1. The van der Waals surface area contributed by atoms with Gasteiger partial charge in [-0.25, -0.2) is 4.98 Å². The van der Waals surface area contributed by atoms with Gasteiger partial charge < -0.3 is 9.67 Å². The Morgan fingerprint density at radius 2 is 2.25 bits per heavy atom. The van der Waals surface area contributed by atoms with Crippen LogP contribution in [-0.2, 0) is 13.5 Å². The number of rotatable bonds is 3. The van der Waals surface area contributed by atoms with E-state index in [0.29, 0.717) is 0 Å². The second kappa shape index (κ2) is 3.27. The van der Waals surface area contributed by atoms with E-state index >= 15 is 0 Å². The minimum absolute atomic E-state index is 0.0612. The number of aliphatic hydroxyl groups is 1. The van der Waals surface area contributed by atoms with Crippen molar-refractivity contribution in [3.63, 3.8) is 0 Å². The quantitative estimate of drug-likeness (QED) is 0.730. The lowest BCUT2D eigenvalue weighted by Crippen LogP contribution is -2.19. The van der Waals surface area contributed by atoms with Crippen LogP contribution in [0.3, 0.4) is 0 Å². The van der Waals surface area contributed by atoms with Crippen LogP contribution in [0.1, 0.15) is 19.5 Å². The first kappa shape index (κ1) is 9.26. The van der Waals surface area contributed by atoms with Gasteiger partial charge in [-0.05, 0) is 11.8 Å². The number of nitrogens with zero attached hydrogens (tertiary/aromatic N) is 2. The summed E-state index contributed by atoms with van der Waals surface area (Å²) in [6.07, 6.45) is 4.59. The average molecular weight is 168 g/mol. The summed E-state index contributed by atoms with van der Waals surface area (Å²) < 4.78 is 1.92. The van der Waals surface area contributed by atoms with Gasteiger partial charge >= 0.3 is 0 Å². The molecule has 0 saturated heterocycles. The molecular weight excluding hydrogens is 152 g/mol. The van der Waals surface area contributed by atoms with Crippen LogP contribution >= 0.6 is 0 Å². The molecule has 1 rings (SSSR count). The Morgan fingerprint density at radius 3 is 2.67 bits per heavy atom. The molecule has 0 atom stereocenters. The van der Waals surface area contributed by atoms with Crippen molar-refractivity contribution >= 4 is 0 Å². The molecule has 1 heterocycles. The Bertz CT molecular complexity index is 253. The molecule has 0 aliphatic carbocycles. The molecule has 12 heavy (non-hydrogen) atoms. The van der Waals surface area contributed by atoms with Gasteiger partial charge in [0.05, 0.1) is 12.0 Å². The minimum atomic E-state index is -0.0612. The fraction of sp³-hybridized carbons (Fsp3) is 0.667. The lowest BCUT2D eigenvalue weighted by Gasteiger charge is -2.19. The summed E-state index contributed by atoms with van der Waals surface area (Å²) in [4.78, 5) is 4.20. The fourth-order valence-electron chi connectivity index (χ4n) is 1.10. The van der Waals surface area contributed by atoms with Gasteiger partial charge in [-0.15, -0.1) is 0 Å². The molecule has 3 heteroatoms. The normalized spacial score (nSPS) is 12.0. The molecule has 68 valence electrons. The number of aliphatic hydroxyl groups excluding tert-OH is 1. The first-order chi connectivity index (χ1) is 5.53. The van der Waals surface area contributed by atoms with Crippen molar-refractivity contribution < 1.29 is 5.11 Å². The van der Waals surface area contributed by atoms with Crippen LogP contribution in [0.2, 0.25) is 0 Å². The van der Waals surface area contributed by atoms with E-state index in [4.69, 9.17) is 5.11 Å². The van der Waals surface area contributed by atoms with Crippen LogP contribution in [0.5, 0.6) is 0 Å². The average Bonchev–Trinajstić information content (AvgIpc) is 2.35. The van der Waals surface area contributed by atoms with Crippen molar-refractivity contribution in [2.24, 2.45) is 12.5 Å². The van der Waals surface area contributed by atoms with Crippen molar-refractivity contribution in [3.8, 4) is 0 Å². The van der Waals surface area contributed by atoms with Crippen LogP contribution in [0.15, 0.2) is 12.5 Å². The van der Waals surface area contributed by atoms with Crippen molar-refractivity contribution in [3.05, 3.63) is 18.2 Å². The number of hydrogen-bond donors (Lipinski definition) is 1.